The average Bonchev–Trinajstić information content (AvgIpc) is 2.65. The number of hydrogen-bond donors (Lipinski definition) is 1. The molecule has 0 fully saturated rings. The maximum atomic E-state index is 13.5. The van der Waals surface area contributed by atoms with Crippen LogP contribution in [0, 0.1) is 5.82 Å². The van der Waals surface area contributed by atoms with Crippen molar-refractivity contribution in [1.82, 2.24) is 5.32 Å². The van der Waals surface area contributed by atoms with Gasteiger partial charge in [0, 0.05) is 18.5 Å². The highest BCUT2D eigenvalue weighted by molar-refractivity contribution is 5.86. The molecule has 2 nitrogen and oxygen atoms in total. The molecule has 29 heavy (non-hydrogen) atoms. The van der Waals surface area contributed by atoms with Crippen LogP contribution in [0.2, 0.25) is 0 Å². The van der Waals surface area contributed by atoms with Gasteiger partial charge in [-0.15, -0.1) is 0 Å². The molecule has 0 heterocycles. The molecule has 1 N–H and O–H groups in total. The molecule has 0 aliphatic carbocycles. The second-order valence-electron chi connectivity index (χ2n) is 7.71. The van der Waals surface area contributed by atoms with E-state index in [2.05, 4.69) is 19.2 Å². The summed E-state index contributed by atoms with van der Waals surface area (Å²) in [5.41, 5.74) is 1.70. The van der Waals surface area contributed by atoms with Gasteiger partial charge >= 0.3 is 6.18 Å². The summed E-state index contributed by atoms with van der Waals surface area (Å²) in [6.07, 6.45) is -4.36. The van der Waals surface area contributed by atoms with Gasteiger partial charge in [-0.05, 0) is 46.2 Å². The summed E-state index contributed by atoms with van der Waals surface area (Å²) in [7, 11) is 0. The molecule has 0 aromatic heterocycles. The summed E-state index contributed by atoms with van der Waals surface area (Å²) in [4.78, 5) is 0. The van der Waals surface area contributed by atoms with E-state index >= 15 is 0 Å². The van der Waals surface area contributed by atoms with Crippen LogP contribution in [-0.2, 0) is 12.0 Å². The highest BCUT2D eigenvalue weighted by atomic mass is 19.4. The molecule has 0 saturated carbocycles. The molecule has 0 amide bonds. The summed E-state index contributed by atoms with van der Waals surface area (Å²) in [5, 5.41) is 5.22. The van der Waals surface area contributed by atoms with Crippen LogP contribution in [0.25, 0.3) is 10.8 Å². The normalized spacial score (nSPS) is 12.3. The van der Waals surface area contributed by atoms with Crippen LogP contribution in [-0.4, -0.2) is 19.3 Å². The van der Waals surface area contributed by atoms with Crippen LogP contribution in [0.15, 0.2) is 60.7 Å². The molecular weight excluding hydrogens is 382 g/mol. The van der Waals surface area contributed by atoms with Gasteiger partial charge in [0.2, 0.25) is 0 Å². The van der Waals surface area contributed by atoms with Gasteiger partial charge in [-0.3, -0.25) is 0 Å². The van der Waals surface area contributed by atoms with Crippen LogP contribution in [0.4, 0.5) is 17.6 Å². The molecule has 0 aliphatic rings. The van der Waals surface area contributed by atoms with Gasteiger partial charge in [0.25, 0.3) is 0 Å². The minimum Gasteiger partial charge on any atom is -0.484 e. The zero-order valence-electron chi connectivity index (χ0n) is 16.3. The first-order chi connectivity index (χ1) is 13.6. The van der Waals surface area contributed by atoms with Gasteiger partial charge in [-0.25, -0.2) is 4.39 Å². The Balaban J connectivity index is 1.66. The Morgan fingerprint density at radius 3 is 2.45 bits per heavy atom. The van der Waals surface area contributed by atoms with Gasteiger partial charge in [0.05, 0.1) is 0 Å². The van der Waals surface area contributed by atoms with E-state index in [9.17, 15) is 17.6 Å². The quantitative estimate of drug-likeness (QED) is 0.488. The molecule has 0 unspecified atom stereocenters. The predicted molar refractivity (Wildman–Crippen MR) is 107 cm³/mol. The lowest BCUT2D eigenvalue weighted by atomic mass is 9.81. The Kier molecular flexibility index (Phi) is 6.13. The Bertz CT molecular complexity index is 982. The molecule has 154 valence electrons. The summed E-state index contributed by atoms with van der Waals surface area (Å²) in [6.45, 7) is 4.02. The van der Waals surface area contributed by atoms with Crippen LogP contribution >= 0.6 is 0 Å². The smallest absolute Gasteiger partial charge is 0.422 e. The van der Waals surface area contributed by atoms with E-state index in [0.717, 1.165) is 21.9 Å². The first-order valence-corrected chi connectivity index (χ1v) is 9.32. The molecule has 0 saturated heterocycles. The maximum absolute atomic E-state index is 13.5. The minimum absolute atomic E-state index is 0.192. The zero-order valence-corrected chi connectivity index (χ0v) is 16.3. The van der Waals surface area contributed by atoms with Crippen molar-refractivity contribution in [2.75, 3.05) is 13.2 Å². The van der Waals surface area contributed by atoms with E-state index in [-0.39, 0.29) is 17.0 Å². The third kappa shape index (κ3) is 5.70. The van der Waals surface area contributed by atoms with Crippen molar-refractivity contribution in [3.05, 3.63) is 77.6 Å². The molecular formula is C23H23F4NO. The van der Waals surface area contributed by atoms with E-state index in [1.165, 1.54) is 18.2 Å². The van der Waals surface area contributed by atoms with Gasteiger partial charge in [0.15, 0.2) is 6.61 Å². The van der Waals surface area contributed by atoms with E-state index in [4.69, 9.17) is 4.74 Å². The number of ether oxygens (including phenoxy) is 1. The molecule has 3 aromatic rings. The molecule has 6 heteroatoms. The molecule has 0 atom stereocenters. The summed E-state index contributed by atoms with van der Waals surface area (Å²) in [6, 6.07) is 17.2. The second-order valence-corrected chi connectivity index (χ2v) is 7.71. The van der Waals surface area contributed by atoms with Crippen molar-refractivity contribution in [1.29, 1.82) is 0 Å². The Morgan fingerprint density at radius 1 is 0.931 bits per heavy atom. The lowest BCUT2D eigenvalue weighted by Crippen LogP contribution is -2.32. The number of nitrogens with one attached hydrogen (secondary N) is 1. The molecule has 0 spiro atoms. The molecule has 0 aliphatic heterocycles. The fourth-order valence-electron chi connectivity index (χ4n) is 3.37. The summed E-state index contributed by atoms with van der Waals surface area (Å²) >= 11 is 0. The standard InChI is InChI=1S/C23H23F4NO/c1-22(2,21-8-4-6-17-12-18(24)9-10-20(17)21)14-28-13-16-5-3-7-19(11-16)29-15-23(25,26)27/h3-12,28H,13-15H2,1-2H3. The van der Waals surface area contributed by atoms with Gasteiger partial charge < -0.3 is 10.1 Å². The molecule has 0 radical (unpaired) electrons. The lowest BCUT2D eigenvalue weighted by molar-refractivity contribution is -0.153. The van der Waals surface area contributed by atoms with E-state index in [1.54, 1.807) is 18.2 Å². The maximum Gasteiger partial charge on any atom is 0.422 e. The van der Waals surface area contributed by atoms with Gasteiger partial charge in [-0.2, -0.15) is 13.2 Å². The third-order valence-corrected chi connectivity index (χ3v) is 4.77. The van der Waals surface area contributed by atoms with Crippen molar-refractivity contribution < 1.29 is 22.3 Å². The van der Waals surface area contributed by atoms with Crippen LogP contribution < -0.4 is 10.1 Å². The van der Waals surface area contributed by atoms with Crippen molar-refractivity contribution in [3.63, 3.8) is 0 Å². The SMILES string of the molecule is CC(C)(CNCc1cccc(OCC(F)(F)F)c1)c1cccc2cc(F)ccc12. The number of fused-ring (bicyclic) bond motifs is 1. The largest absolute Gasteiger partial charge is 0.484 e. The van der Waals surface area contributed by atoms with E-state index in [1.807, 2.05) is 24.3 Å². The van der Waals surface area contributed by atoms with Crippen molar-refractivity contribution in [2.45, 2.75) is 32.0 Å². The fourth-order valence-corrected chi connectivity index (χ4v) is 3.37. The first kappa shape index (κ1) is 21.1. The Labute approximate surface area is 167 Å². The van der Waals surface area contributed by atoms with Crippen LogP contribution in [0.5, 0.6) is 5.75 Å². The molecule has 0 bridgehead atoms. The number of halogens is 4. The monoisotopic (exact) mass is 405 g/mol. The summed E-state index contributed by atoms with van der Waals surface area (Å²) in [5.74, 6) is -0.0739. The van der Waals surface area contributed by atoms with E-state index < -0.39 is 12.8 Å². The van der Waals surface area contributed by atoms with Crippen LogP contribution in [0.3, 0.4) is 0 Å². The van der Waals surface area contributed by atoms with Crippen LogP contribution in [0.1, 0.15) is 25.0 Å². The number of hydrogen-bond acceptors (Lipinski definition) is 2. The molecule has 3 rings (SSSR count). The summed E-state index contributed by atoms with van der Waals surface area (Å²) < 4.78 is 55.3. The number of alkyl halides is 3. The molecule has 3 aromatic carbocycles. The Hall–Kier alpha value is -2.60. The first-order valence-electron chi connectivity index (χ1n) is 9.32. The topological polar surface area (TPSA) is 21.3 Å². The average molecular weight is 405 g/mol. The van der Waals surface area contributed by atoms with Crippen molar-refractivity contribution in [2.24, 2.45) is 0 Å². The number of rotatable bonds is 7. The highest BCUT2D eigenvalue weighted by Crippen LogP contribution is 2.30. The van der Waals surface area contributed by atoms with Gasteiger partial charge in [0.1, 0.15) is 11.6 Å². The van der Waals surface area contributed by atoms with E-state index in [0.29, 0.717) is 13.1 Å². The Morgan fingerprint density at radius 2 is 1.69 bits per heavy atom. The second kappa shape index (κ2) is 8.41. The zero-order chi connectivity index (χ0) is 21.1. The highest BCUT2D eigenvalue weighted by Gasteiger charge is 2.28. The third-order valence-electron chi connectivity index (χ3n) is 4.77. The fraction of sp³-hybridized carbons (Fsp3) is 0.304. The van der Waals surface area contributed by atoms with Gasteiger partial charge in [-0.1, -0.05) is 50.2 Å². The van der Waals surface area contributed by atoms with Crippen molar-refractivity contribution >= 4 is 10.8 Å². The minimum atomic E-state index is -4.36. The van der Waals surface area contributed by atoms with Crippen molar-refractivity contribution in [3.8, 4) is 5.75 Å². The number of benzene rings is 3. The predicted octanol–water partition coefficient (Wildman–Crippen LogP) is 5.99. The lowest BCUT2D eigenvalue weighted by Gasteiger charge is -2.27.